The summed E-state index contributed by atoms with van der Waals surface area (Å²) in [6.07, 6.45) is 16.5. The number of unbranched alkanes of at least 4 members (excludes halogenated alkanes) is 6. The fraction of sp³-hybridized carbons (Fsp3) is 0.333. The van der Waals surface area contributed by atoms with Gasteiger partial charge in [-0.15, -0.1) is 0 Å². The van der Waals surface area contributed by atoms with Gasteiger partial charge >= 0.3 is 20.4 Å². The molecule has 5 rings (SSSR count). The van der Waals surface area contributed by atoms with Crippen LogP contribution < -0.4 is 0 Å². The topological polar surface area (TPSA) is 25.3 Å². The molecule has 4 aromatic carbocycles. The fourth-order valence-electron chi connectivity index (χ4n) is 5.63. The molecule has 0 spiro atoms. The van der Waals surface area contributed by atoms with Crippen LogP contribution in [-0.2, 0) is 46.1 Å². The number of aryl methyl sites for hydroxylation is 2. The molecule has 2 nitrogen and oxygen atoms in total. The quantitative estimate of drug-likeness (QED) is 0.0534. The summed E-state index contributed by atoms with van der Waals surface area (Å²) in [5, 5.41) is 0. The van der Waals surface area contributed by atoms with Crippen molar-refractivity contribution >= 4 is 11.4 Å². The maximum atomic E-state index is 11.0. The summed E-state index contributed by atoms with van der Waals surface area (Å²) >= 11 is 0. The first-order valence-corrected chi connectivity index (χ1v) is 17.8. The molecule has 0 bridgehead atoms. The Kier molecular flexibility index (Phi) is 20.3. The van der Waals surface area contributed by atoms with Gasteiger partial charge in [0.25, 0.3) is 0 Å². The monoisotopic (exact) mass is 730 g/mol. The van der Waals surface area contributed by atoms with Crippen molar-refractivity contribution in [2.24, 2.45) is 0 Å². The van der Waals surface area contributed by atoms with Gasteiger partial charge in [0.05, 0.1) is 0 Å². The first-order chi connectivity index (χ1) is 23.0. The molecule has 0 atom stereocenters. The first-order valence-electron chi connectivity index (χ1n) is 17.8. The molecular formula is C45H56N2Pd. The molecule has 0 fully saturated rings. The Morgan fingerprint density at radius 3 is 1.42 bits per heavy atom. The average molecular weight is 731 g/mol. The summed E-state index contributed by atoms with van der Waals surface area (Å²) in [5.41, 5.74) is 21.3. The molecule has 4 aromatic rings. The van der Waals surface area contributed by atoms with Crippen molar-refractivity contribution in [3.05, 3.63) is 174 Å². The van der Waals surface area contributed by atoms with Crippen molar-refractivity contribution in [2.75, 3.05) is 0 Å². The molecule has 48 heavy (non-hydrogen) atoms. The van der Waals surface area contributed by atoms with E-state index in [0.29, 0.717) is 0 Å². The summed E-state index contributed by atoms with van der Waals surface area (Å²) in [4.78, 5) is 0. The average Bonchev–Trinajstić information content (AvgIpc) is 3.43. The molecule has 0 saturated heterocycles. The molecule has 256 valence electrons. The van der Waals surface area contributed by atoms with E-state index >= 15 is 0 Å². The van der Waals surface area contributed by atoms with Crippen molar-refractivity contribution in [1.82, 2.24) is 0 Å². The number of rotatable bonds is 14. The molecule has 0 amide bonds. The van der Waals surface area contributed by atoms with Crippen LogP contribution in [-0.4, -0.2) is 4.70 Å². The predicted octanol–water partition coefficient (Wildman–Crippen LogP) is 12.9. The van der Waals surface area contributed by atoms with Crippen LogP contribution in [0.2, 0.25) is 0 Å². The molecule has 1 heterocycles. The van der Waals surface area contributed by atoms with E-state index < -0.39 is 0 Å². The second kappa shape index (κ2) is 23.9. The summed E-state index contributed by atoms with van der Waals surface area (Å²) in [6.45, 7) is 14.1. The van der Waals surface area contributed by atoms with E-state index in [4.69, 9.17) is 0 Å². The third kappa shape index (κ3) is 14.0. The normalized spacial score (nSPS) is 11.9. The van der Waals surface area contributed by atoms with Crippen LogP contribution >= 0.6 is 0 Å². The maximum absolute atomic E-state index is 11.0. The number of hydrogen-bond acceptors (Lipinski definition) is 0. The molecule has 0 radical (unpaired) electrons. The molecule has 1 aliphatic rings. The van der Waals surface area contributed by atoms with Crippen LogP contribution in [0.15, 0.2) is 121 Å². The molecule has 0 aromatic heterocycles. The molecule has 0 unspecified atom stereocenters. The zero-order valence-corrected chi connectivity index (χ0v) is 31.1. The SMILES string of the molecule is CCCCCCCCc1ccc(C2=C(C)C=C(c3ccc(CCCC)cc3)[N+]2=[N-])cc1.[CH2-]Cc1ccccc1.[CH2-]Cc1ccccc1.[Pd+2]. The number of hydrogen-bond donors (Lipinski definition) is 0. The minimum Gasteiger partial charge on any atom is -0.493 e. The van der Waals surface area contributed by atoms with E-state index in [9.17, 15) is 5.53 Å². The third-order valence-electron chi connectivity index (χ3n) is 8.54. The fourth-order valence-corrected chi connectivity index (χ4v) is 5.63. The van der Waals surface area contributed by atoms with E-state index in [0.717, 1.165) is 53.8 Å². The van der Waals surface area contributed by atoms with Crippen LogP contribution in [0.3, 0.4) is 0 Å². The maximum Gasteiger partial charge on any atom is 2.00 e. The smallest absolute Gasteiger partial charge is 0.493 e. The predicted molar refractivity (Wildman–Crippen MR) is 204 cm³/mol. The van der Waals surface area contributed by atoms with Gasteiger partial charge in [0.1, 0.15) is 0 Å². The summed E-state index contributed by atoms with van der Waals surface area (Å²) in [5.74, 6) is 0. The van der Waals surface area contributed by atoms with Gasteiger partial charge < -0.3 is 19.4 Å². The minimum absolute atomic E-state index is 0. The largest absolute Gasteiger partial charge is 2.00 e. The van der Waals surface area contributed by atoms with Gasteiger partial charge in [-0.3, -0.25) is 0 Å². The van der Waals surface area contributed by atoms with E-state index in [-0.39, 0.29) is 20.4 Å². The second-order valence-corrected chi connectivity index (χ2v) is 12.4. The Hall–Kier alpha value is -3.38. The zero-order chi connectivity index (χ0) is 33.7. The van der Waals surface area contributed by atoms with Gasteiger partial charge in [-0.1, -0.05) is 148 Å². The van der Waals surface area contributed by atoms with E-state index in [1.165, 1.54) is 78.3 Å². The Bertz CT molecular complexity index is 1460. The zero-order valence-electron chi connectivity index (χ0n) is 29.6. The molecular weight excluding hydrogens is 675 g/mol. The van der Waals surface area contributed by atoms with Crippen molar-refractivity contribution in [3.8, 4) is 0 Å². The van der Waals surface area contributed by atoms with Gasteiger partial charge in [-0.2, -0.15) is 12.8 Å². The molecule has 0 aliphatic carbocycles. The van der Waals surface area contributed by atoms with Gasteiger partial charge in [-0.25, -0.2) is 4.70 Å². The third-order valence-corrected chi connectivity index (χ3v) is 8.54. The standard InChI is InChI=1S/C29H38N2.2C8H9.Pd/c1-4-6-8-9-10-11-13-25-16-20-27(21-17-25)29-23(3)22-28(31(29)30)26-18-14-24(15-19-26)12-7-5-2;2*1-2-8-6-4-3-5-7-8;/h14-22H,4-13H2,1-3H3;2*3-7H,1-2H2;/q;2*-1;+2. The van der Waals surface area contributed by atoms with Crippen molar-refractivity contribution in [1.29, 1.82) is 0 Å². The minimum atomic E-state index is 0. The van der Waals surface area contributed by atoms with Crippen molar-refractivity contribution < 1.29 is 25.1 Å². The Morgan fingerprint density at radius 2 is 0.958 bits per heavy atom. The van der Waals surface area contributed by atoms with Crippen LogP contribution in [0.5, 0.6) is 0 Å². The summed E-state index contributed by atoms with van der Waals surface area (Å²) in [7, 11) is 0. The number of nitrogens with zero attached hydrogens (tertiary/aromatic N) is 2. The number of allylic oxidation sites excluding steroid dienone is 2. The Balaban J connectivity index is 0.000000382. The second-order valence-electron chi connectivity index (χ2n) is 12.4. The van der Waals surface area contributed by atoms with Gasteiger partial charge in [0, 0.05) is 22.8 Å². The molecule has 0 saturated carbocycles. The van der Waals surface area contributed by atoms with Gasteiger partial charge in [0.2, 0.25) is 11.4 Å². The van der Waals surface area contributed by atoms with E-state index in [1.54, 1.807) is 0 Å². The van der Waals surface area contributed by atoms with Crippen LogP contribution in [0.1, 0.15) is 106 Å². The van der Waals surface area contributed by atoms with E-state index in [2.05, 4.69) is 113 Å². The van der Waals surface area contributed by atoms with Gasteiger partial charge in [-0.05, 0) is 68.0 Å². The first kappa shape index (κ1) is 40.8. The van der Waals surface area contributed by atoms with Crippen molar-refractivity contribution in [2.45, 2.75) is 97.8 Å². The van der Waals surface area contributed by atoms with Crippen LogP contribution in [0, 0.1) is 13.8 Å². The van der Waals surface area contributed by atoms with Crippen LogP contribution in [0.25, 0.3) is 16.9 Å². The van der Waals surface area contributed by atoms with Crippen LogP contribution in [0.4, 0.5) is 0 Å². The summed E-state index contributed by atoms with van der Waals surface area (Å²) < 4.78 is 1.36. The van der Waals surface area contributed by atoms with Crippen molar-refractivity contribution in [3.63, 3.8) is 0 Å². The summed E-state index contributed by atoms with van der Waals surface area (Å²) in [6, 6.07) is 37.8. The molecule has 3 heteroatoms. The Morgan fingerprint density at radius 1 is 0.521 bits per heavy atom. The van der Waals surface area contributed by atoms with Gasteiger partial charge in [0.15, 0.2) is 0 Å². The number of benzene rings is 4. The molecule has 1 aliphatic heterocycles. The molecule has 0 N–H and O–H groups in total. The Labute approximate surface area is 306 Å². The van der Waals surface area contributed by atoms with E-state index in [1.807, 2.05) is 36.4 Å².